The smallest absolute Gasteiger partial charge is 0.0544 e. The Kier molecular flexibility index (Phi) is 5.93. The summed E-state index contributed by atoms with van der Waals surface area (Å²) in [5, 5.41) is 2.36. The Morgan fingerprint density at radius 2 is 0.718 bits per heavy atom. The zero-order valence-electron chi connectivity index (χ0n) is 21.4. The van der Waals surface area contributed by atoms with Crippen LogP contribution in [-0.2, 0) is 0 Å². The fourth-order valence-corrected chi connectivity index (χ4v) is 5.87. The third-order valence-corrected chi connectivity index (χ3v) is 8.00. The minimum absolute atomic E-state index is 1.10. The lowest BCUT2D eigenvalue weighted by Gasteiger charge is -2.19. The first kappa shape index (κ1) is 23.4. The molecule has 7 rings (SSSR count). The van der Waals surface area contributed by atoms with Crippen molar-refractivity contribution in [3.8, 4) is 39.1 Å². The Morgan fingerprint density at radius 1 is 0.359 bits per heavy atom. The van der Waals surface area contributed by atoms with E-state index in [0.717, 1.165) is 21.7 Å². The zero-order chi connectivity index (χ0) is 26.2. The summed E-state index contributed by atoms with van der Waals surface area (Å²) in [6.45, 7) is 0. The van der Waals surface area contributed by atoms with Crippen molar-refractivity contribution >= 4 is 30.7 Å². The second kappa shape index (κ2) is 9.87. The molecule has 0 spiro atoms. The van der Waals surface area contributed by atoms with Crippen LogP contribution in [0.15, 0.2) is 152 Å². The molecule has 0 amide bonds. The van der Waals surface area contributed by atoms with Crippen LogP contribution >= 0.6 is 8.86 Å². The molecule has 1 aromatic heterocycles. The molecule has 184 valence electrons. The summed E-state index contributed by atoms with van der Waals surface area (Å²) in [6, 6.07) is 54.1. The molecule has 6 aromatic carbocycles. The zero-order valence-corrected chi connectivity index (χ0v) is 22.4. The second-order valence-corrected chi connectivity index (χ2v) is 10.3. The number of aromatic nitrogens is 1. The molecule has 2 heteroatoms. The predicted molar refractivity (Wildman–Crippen MR) is 169 cm³/mol. The van der Waals surface area contributed by atoms with Gasteiger partial charge in [-0.05, 0) is 69.8 Å². The summed E-state index contributed by atoms with van der Waals surface area (Å²) in [5.74, 6) is 0. The summed E-state index contributed by atoms with van der Waals surface area (Å²) < 4.78 is 2.38. The summed E-state index contributed by atoms with van der Waals surface area (Å²) in [4.78, 5) is 1.10. The van der Waals surface area contributed by atoms with Gasteiger partial charge in [0, 0.05) is 21.4 Å². The number of nitrogens with zero attached hydrogens (tertiary/aromatic N) is 1. The topological polar surface area (TPSA) is 4.93 Å². The third-order valence-electron chi connectivity index (χ3n) is 7.46. The fourth-order valence-electron chi connectivity index (χ4n) is 5.47. The summed E-state index contributed by atoms with van der Waals surface area (Å²) in [6.07, 6.45) is 0. The van der Waals surface area contributed by atoms with Crippen molar-refractivity contribution in [2.24, 2.45) is 0 Å². The lowest BCUT2D eigenvalue weighted by molar-refractivity contribution is 1.16. The first-order valence-electron chi connectivity index (χ1n) is 13.2. The first-order chi connectivity index (χ1) is 19.3. The van der Waals surface area contributed by atoms with Gasteiger partial charge in [-0.1, -0.05) is 115 Å². The molecule has 0 N–H and O–H groups in total. The molecule has 7 aromatic rings. The van der Waals surface area contributed by atoms with E-state index in [4.69, 9.17) is 0 Å². The van der Waals surface area contributed by atoms with Gasteiger partial charge in [-0.3, -0.25) is 0 Å². The largest absolute Gasteiger partial charge is 0.309 e. The van der Waals surface area contributed by atoms with Crippen molar-refractivity contribution in [1.82, 2.24) is 4.57 Å². The summed E-state index contributed by atoms with van der Waals surface area (Å²) in [5.41, 5.74) is 10.7. The van der Waals surface area contributed by atoms with Gasteiger partial charge in [0.15, 0.2) is 0 Å². The minimum atomic E-state index is 1.10. The van der Waals surface area contributed by atoms with Crippen LogP contribution in [0.4, 0.5) is 0 Å². The SMILES string of the molecule is P=c1c2cc(-c3ccccc3)ccc2n(-c2ccc(-c3ccccc3)cc2)c2ccc(-c3ccccc3)cc12. The highest BCUT2D eigenvalue weighted by molar-refractivity contribution is 7.08. The predicted octanol–water partition coefficient (Wildman–Crippen LogP) is 10.5. The van der Waals surface area contributed by atoms with Crippen LogP contribution in [-0.4, -0.2) is 4.57 Å². The van der Waals surface area contributed by atoms with Crippen LogP contribution < -0.4 is 0 Å². The molecule has 0 bridgehead atoms. The lowest BCUT2D eigenvalue weighted by atomic mass is 9.99. The van der Waals surface area contributed by atoms with Gasteiger partial charge in [-0.25, -0.2) is 0 Å². The monoisotopic (exact) mass is 515 g/mol. The molecule has 0 aliphatic heterocycles. The number of benzene rings is 6. The molecule has 0 atom stereocenters. The van der Waals surface area contributed by atoms with E-state index in [1.807, 2.05) is 0 Å². The van der Waals surface area contributed by atoms with E-state index in [1.54, 1.807) is 0 Å². The van der Waals surface area contributed by atoms with Crippen LogP contribution in [0.2, 0.25) is 0 Å². The minimum Gasteiger partial charge on any atom is -0.309 e. The van der Waals surface area contributed by atoms with Gasteiger partial charge in [-0.15, -0.1) is 8.86 Å². The van der Waals surface area contributed by atoms with Gasteiger partial charge in [0.2, 0.25) is 0 Å². The molecule has 0 aliphatic carbocycles. The molecule has 0 fully saturated rings. The van der Waals surface area contributed by atoms with Crippen molar-refractivity contribution in [2.75, 3.05) is 0 Å². The Hall–Kier alpha value is -4.71. The van der Waals surface area contributed by atoms with Crippen molar-refractivity contribution in [3.63, 3.8) is 0 Å². The summed E-state index contributed by atoms with van der Waals surface area (Å²) in [7, 11) is 4.10. The Bertz CT molecular complexity index is 1890. The number of hydrogen-bond donors (Lipinski definition) is 0. The van der Waals surface area contributed by atoms with Crippen LogP contribution in [0.5, 0.6) is 0 Å². The highest BCUT2D eigenvalue weighted by atomic mass is 31.0. The van der Waals surface area contributed by atoms with Gasteiger partial charge in [0.25, 0.3) is 0 Å². The maximum atomic E-state index is 4.10. The van der Waals surface area contributed by atoms with Gasteiger partial charge < -0.3 is 4.57 Å². The van der Waals surface area contributed by atoms with Crippen LogP contribution in [0, 0.1) is 4.94 Å². The Labute approximate surface area is 230 Å². The van der Waals surface area contributed by atoms with E-state index >= 15 is 0 Å². The number of fused-ring (bicyclic) bond motifs is 2. The average Bonchev–Trinajstić information content (AvgIpc) is 3.02. The van der Waals surface area contributed by atoms with Crippen LogP contribution in [0.25, 0.3) is 60.9 Å². The van der Waals surface area contributed by atoms with Crippen LogP contribution in [0.3, 0.4) is 0 Å². The lowest BCUT2D eigenvalue weighted by Crippen LogP contribution is -2.01. The molecule has 0 radical (unpaired) electrons. The van der Waals surface area contributed by atoms with Gasteiger partial charge in [0.05, 0.1) is 11.0 Å². The van der Waals surface area contributed by atoms with E-state index < -0.39 is 0 Å². The molecule has 39 heavy (non-hydrogen) atoms. The van der Waals surface area contributed by atoms with E-state index in [1.165, 1.54) is 44.2 Å². The third kappa shape index (κ3) is 4.28. The number of pyridine rings is 1. The van der Waals surface area contributed by atoms with Crippen molar-refractivity contribution in [1.29, 1.82) is 0 Å². The molecular formula is C37H26NP. The van der Waals surface area contributed by atoms with E-state index in [0.29, 0.717) is 0 Å². The standard InChI is InChI=1S/C37H26NP/c39-37-33-24-30(27-12-6-2-7-13-27)18-22-35(33)38(32-20-16-29(17-21-32)26-10-4-1-5-11-26)36-23-19-31(25-34(36)37)28-14-8-3-9-15-28/h1-25,39H. The van der Waals surface area contributed by atoms with Gasteiger partial charge in [0.1, 0.15) is 0 Å². The Morgan fingerprint density at radius 3 is 1.15 bits per heavy atom. The van der Waals surface area contributed by atoms with Gasteiger partial charge in [-0.2, -0.15) is 0 Å². The fraction of sp³-hybridized carbons (Fsp3) is 0. The normalized spacial score (nSPS) is 11.2. The van der Waals surface area contributed by atoms with Crippen molar-refractivity contribution in [2.45, 2.75) is 0 Å². The maximum Gasteiger partial charge on any atom is 0.0544 e. The Balaban J connectivity index is 1.49. The molecule has 0 unspecified atom stereocenters. The maximum absolute atomic E-state index is 4.10. The summed E-state index contributed by atoms with van der Waals surface area (Å²) >= 11 is 0. The van der Waals surface area contributed by atoms with Crippen molar-refractivity contribution < 1.29 is 0 Å². The quantitative estimate of drug-likeness (QED) is 0.162. The average molecular weight is 516 g/mol. The van der Waals surface area contributed by atoms with E-state index in [9.17, 15) is 0 Å². The van der Waals surface area contributed by atoms with E-state index in [-0.39, 0.29) is 0 Å². The van der Waals surface area contributed by atoms with Crippen molar-refractivity contribution in [3.05, 3.63) is 157 Å². The first-order valence-corrected chi connectivity index (χ1v) is 13.7. The molecular weight excluding hydrogens is 489 g/mol. The molecule has 0 saturated carbocycles. The molecule has 0 saturated heterocycles. The van der Waals surface area contributed by atoms with Gasteiger partial charge >= 0.3 is 0 Å². The number of rotatable bonds is 4. The second-order valence-electron chi connectivity index (χ2n) is 9.82. The molecule has 1 nitrogen and oxygen atoms in total. The highest BCUT2D eigenvalue weighted by Gasteiger charge is 2.13. The molecule has 0 aliphatic rings. The highest BCUT2D eigenvalue weighted by Crippen LogP contribution is 2.35. The van der Waals surface area contributed by atoms with E-state index in [2.05, 4.69) is 165 Å². The van der Waals surface area contributed by atoms with Crippen LogP contribution in [0.1, 0.15) is 0 Å². The number of hydrogen-bond acceptors (Lipinski definition) is 0. The molecule has 1 heterocycles.